The fourth-order valence-corrected chi connectivity index (χ4v) is 1.46. The van der Waals surface area contributed by atoms with Gasteiger partial charge >= 0.3 is 0 Å². The van der Waals surface area contributed by atoms with Crippen molar-refractivity contribution in [3.63, 3.8) is 0 Å². The first-order valence-electron chi connectivity index (χ1n) is 3.83. The highest BCUT2D eigenvalue weighted by molar-refractivity contribution is 5.82. The van der Waals surface area contributed by atoms with E-state index in [2.05, 4.69) is 0 Å². The Labute approximate surface area is 65.2 Å². The fourth-order valence-electron chi connectivity index (χ4n) is 1.46. The van der Waals surface area contributed by atoms with Crippen molar-refractivity contribution in [2.45, 2.75) is 19.3 Å². The lowest BCUT2D eigenvalue weighted by Crippen LogP contribution is -1.93. The van der Waals surface area contributed by atoms with E-state index in [4.69, 9.17) is 4.42 Å². The van der Waals surface area contributed by atoms with Crippen LogP contribution in [0, 0.1) is 5.92 Å². The molecule has 58 valence electrons. The smallest absolute Gasteiger partial charge is 0.133 e. The molecule has 0 bridgehead atoms. The third-order valence-corrected chi connectivity index (χ3v) is 2.22. The molecule has 2 atom stereocenters. The van der Waals surface area contributed by atoms with Crippen molar-refractivity contribution in [3.8, 4) is 0 Å². The largest absolute Gasteiger partial charge is 0.469 e. The standard InChI is InChI=1S/C9H10O2/c1-6(10)7-5-8(7)9-3-2-4-11-9/h2-4,7-8H,5H2,1H3/t7-,8+/m1/s1. The summed E-state index contributed by atoms with van der Waals surface area (Å²) in [6.07, 6.45) is 2.63. The third-order valence-electron chi connectivity index (χ3n) is 2.22. The fraction of sp³-hybridized carbons (Fsp3) is 0.444. The van der Waals surface area contributed by atoms with E-state index in [0.717, 1.165) is 12.2 Å². The topological polar surface area (TPSA) is 30.2 Å². The summed E-state index contributed by atoms with van der Waals surface area (Å²) in [5, 5.41) is 0. The van der Waals surface area contributed by atoms with Crippen LogP contribution in [0.2, 0.25) is 0 Å². The second-order valence-corrected chi connectivity index (χ2v) is 3.07. The van der Waals surface area contributed by atoms with Crippen LogP contribution in [0.15, 0.2) is 22.8 Å². The minimum absolute atomic E-state index is 0.237. The Morgan fingerprint density at radius 2 is 2.55 bits per heavy atom. The molecule has 0 amide bonds. The zero-order chi connectivity index (χ0) is 7.84. The van der Waals surface area contributed by atoms with Gasteiger partial charge in [0.1, 0.15) is 11.5 Å². The van der Waals surface area contributed by atoms with Crippen molar-refractivity contribution >= 4 is 5.78 Å². The van der Waals surface area contributed by atoms with E-state index in [1.807, 2.05) is 12.1 Å². The Morgan fingerprint density at radius 3 is 3.00 bits per heavy atom. The van der Waals surface area contributed by atoms with E-state index in [9.17, 15) is 4.79 Å². The predicted octanol–water partition coefficient (Wildman–Crippen LogP) is 1.97. The monoisotopic (exact) mass is 150 g/mol. The molecule has 0 radical (unpaired) electrons. The van der Waals surface area contributed by atoms with Crippen LogP contribution in [0.25, 0.3) is 0 Å². The van der Waals surface area contributed by atoms with Gasteiger partial charge in [-0.05, 0) is 25.5 Å². The highest BCUT2D eigenvalue weighted by Crippen LogP contribution is 2.47. The first kappa shape index (κ1) is 6.65. The van der Waals surface area contributed by atoms with Crippen molar-refractivity contribution in [1.82, 2.24) is 0 Å². The molecule has 2 nitrogen and oxygen atoms in total. The van der Waals surface area contributed by atoms with Gasteiger partial charge in [-0.3, -0.25) is 4.79 Å². The van der Waals surface area contributed by atoms with Gasteiger partial charge in [0.25, 0.3) is 0 Å². The Hall–Kier alpha value is -1.05. The van der Waals surface area contributed by atoms with Gasteiger partial charge in [0, 0.05) is 11.8 Å². The second-order valence-electron chi connectivity index (χ2n) is 3.07. The summed E-state index contributed by atoms with van der Waals surface area (Å²) in [7, 11) is 0. The Balaban J connectivity index is 2.08. The number of hydrogen-bond donors (Lipinski definition) is 0. The Bertz CT molecular complexity index is 261. The molecule has 2 rings (SSSR count). The molecule has 11 heavy (non-hydrogen) atoms. The van der Waals surface area contributed by atoms with Crippen LogP contribution in [0.1, 0.15) is 25.0 Å². The second kappa shape index (κ2) is 2.22. The van der Waals surface area contributed by atoms with Gasteiger partial charge in [-0.1, -0.05) is 0 Å². The van der Waals surface area contributed by atoms with Crippen molar-refractivity contribution < 1.29 is 9.21 Å². The van der Waals surface area contributed by atoms with E-state index in [-0.39, 0.29) is 11.7 Å². The van der Waals surface area contributed by atoms with Crippen LogP contribution in [0.4, 0.5) is 0 Å². The van der Waals surface area contributed by atoms with Crippen molar-refractivity contribution in [3.05, 3.63) is 24.2 Å². The van der Waals surface area contributed by atoms with Crippen LogP contribution < -0.4 is 0 Å². The van der Waals surface area contributed by atoms with E-state index >= 15 is 0 Å². The van der Waals surface area contributed by atoms with Crippen LogP contribution in [-0.2, 0) is 4.79 Å². The molecule has 0 unspecified atom stereocenters. The number of ketones is 1. The van der Waals surface area contributed by atoms with Gasteiger partial charge in [0.05, 0.1) is 6.26 Å². The highest BCUT2D eigenvalue weighted by Gasteiger charge is 2.43. The van der Waals surface area contributed by atoms with Gasteiger partial charge in [-0.15, -0.1) is 0 Å². The van der Waals surface area contributed by atoms with Gasteiger partial charge in [-0.25, -0.2) is 0 Å². The third kappa shape index (κ3) is 1.09. The zero-order valence-corrected chi connectivity index (χ0v) is 6.41. The van der Waals surface area contributed by atoms with Gasteiger partial charge in [0.15, 0.2) is 0 Å². The Kier molecular flexibility index (Phi) is 1.34. The average molecular weight is 150 g/mol. The minimum Gasteiger partial charge on any atom is -0.469 e. The van der Waals surface area contributed by atoms with Crippen LogP contribution in [0.5, 0.6) is 0 Å². The number of carbonyl (C=O) groups is 1. The van der Waals surface area contributed by atoms with Gasteiger partial charge < -0.3 is 4.42 Å². The highest BCUT2D eigenvalue weighted by atomic mass is 16.3. The summed E-state index contributed by atoms with van der Waals surface area (Å²) in [6.45, 7) is 1.65. The predicted molar refractivity (Wildman–Crippen MR) is 40.2 cm³/mol. The molecule has 1 aromatic rings. The number of hydrogen-bond acceptors (Lipinski definition) is 2. The molecule has 2 heteroatoms. The first-order chi connectivity index (χ1) is 5.29. The SMILES string of the molecule is CC(=O)[C@H]1C[C@@H]1c1ccco1. The molecule has 1 aromatic heterocycles. The normalized spacial score (nSPS) is 28.5. The molecule has 0 aromatic carbocycles. The lowest BCUT2D eigenvalue weighted by molar-refractivity contribution is -0.118. The number of furan rings is 1. The maximum Gasteiger partial charge on any atom is 0.133 e. The molecule has 0 aliphatic heterocycles. The molecule has 1 aliphatic rings. The maximum absolute atomic E-state index is 10.9. The number of rotatable bonds is 2. The number of Topliss-reactive ketones (excluding diaryl/α,β-unsaturated/α-hetero) is 1. The summed E-state index contributed by atoms with van der Waals surface area (Å²) >= 11 is 0. The lowest BCUT2D eigenvalue weighted by atomic mass is 10.2. The quantitative estimate of drug-likeness (QED) is 0.645. The van der Waals surface area contributed by atoms with Crippen LogP contribution in [0.3, 0.4) is 0 Å². The van der Waals surface area contributed by atoms with E-state index in [1.54, 1.807) is 13.2 Å². The summed E-state index contributed by atoms with van der Waals surface area (Å²) in [5.74, 6) is 1.86. The molecule has 1 aliphatic carbocycles. The number of carbonyl (C=O) groups excluding carboxylic acids is 1. The molecular formula is C9H10O2. The molecule has 1 heterocycles. The minimum atomic E-state index is 0.237. The summed E-state index contributed by atoms with van der Waals surface area (Å²) in [5.41, 5.74) is 0. The van der Waals surface area contributed by atoms with Gasteiger partial charge in [0.2, 0.25) is 0 Å². The van der Waals surface area contributed by atoms with Gasteiger partial charge in [-0.2, -0.15) is 0 Å². The molecule has 1 fully saturated rings. The maximum atomic E-state index is 10.9. The lowest BCUT2D eigenvalue weighted by Gasteiger charge is -1.89. The average Bonchev–Trinajstić information content (AvgIpc) is 2.60. The van der Waals surface area contributed by atoms with Crippen LogP contribution in [-0.4, -0.2) is 5.78 Å². The molecule has 0 spiro atoms. The summed E-state index contributed by atoms with van der Waals surface area (Å²) in [6, 6.07) is 3.80. The first-order valence-corrected chi connectivity index (χ1v) is 3.83. The summed E-state index contributed by atoms with van der Waals surface area (Å²) in [4.78, 5) is 10.9. The summed E-state index contributed by atoms with van der Waals surface area (Å²) < 4.78 is 5.19. The molecule has 0 N–H and O–H groups in total. The van der Waals surface area contributed by atoms with Crippen molar-refractivity contribution in [2.24, 2.45) is 5.92 Å². The van der Waals surface area contributed by atoms with E-state index in [0.29, 0.717) is 5.92 Å². The zero-order valence-electron chi connectivity index (χ0n) is 6.41. The Morgan fingerprint density at radius 1 is 1.73 bits per heavy atom. The van der Waals surface area contributed by atoms with E-state index < -0.39 is 0 Å². The molecule has 0 saturated heterocycles. The van der Waals surface area contributed by atoms with E-state index in [1.165, 1.54) is 0 Å². The van der Waals surface area contributed by atoms with Crippen molar-refractivity contribution in [2.75, 3.05) is 0 Å². The molecule has 1 saturated carbocycles. The van der Waals surface area contributed by atoms with Crippen molar-refractivity contribution in [1.29, 1.82) is 0 Å². The molecular weight excluding hydrogens is 140 g/mol. The van der Waals surface area contributed by atoms with Crippen LogP contribution >= 0.6 is 0 Å².